The third kappa shape index (κ3) is 3.36. The van der Waals surface area contributed by atoms with Crippen LogP contribution in [0.3, 0.4) is 0 Å². The number of rotatable bonds is 4. The Hall–Kier alpha value is -1.33. The second kappa shape index (κ2) is 6.21. The van der Waals surface area contributed by atoms with Gasteiger partial charge in [0, 0.05) is 13.5 Å². The minimum Gasteiger partial charge on any atom is -0.483 e. The molecule has 0 bridgehead atoms. The molecule has 2 rings (SSSR count). The van der Waals surface area contributed by atoms with E-state index in [1.165, 1.54) is 6.07 Å². The highest BCUT2D eigenvalue weighted by Gasteiger charge is 2.27. The van der Waals surface area contributed by atoms with Gasteiger partial charge in [-0.15, -0.1) is 0 Å². The van der Waals surface area contributed by atoms with E-state index in [0.717, 1.165) is 25.7 Å². The van der Waals surface area contributed by atoms with Gasteiger partial charge in [0.2, 0.25) is 0 Å². The molecule has 0 radical (unpaired) electrons. The lowest BCUT2D eigenvalue weighted by Gasteiger charge is -2.28. The molecule has 0 amide bonds. The van der Waals surface area contributed by atoms with Gasteiger partial charge in [-0.1, -0.05) is 17.7 Å². The molecule has 1 aromatic carbocycles. The van der Waals surface area contributed by atoms with Crippen molar-refractivity contribution in [2.45, 2.75) is 37.9 Å². The van der Waals surface area contributed by atoms with Crippen molar-refractivity contribution in [3.8, 4) is 5.75 Å². The minimum atomic E-state index is -0.506. The molecule has 0 aromatic heterocycles. The molecule has 1 saturated carbocycles. The molecule has 104 valence electrons. The number of nitro benzene ring substituents is 1. The van der Waals surface area contributed by atoms with E-state index in [2.05, 4.69) is 0 Å². The molecule has 2 unspecified atom stereocenters. The maximum Gasteiger partial charge on any atom is 0.329 e. The van der Waals surface area contributed by atoms with Gasteiger partial charge in [-0.05, 0) is 31.4 Å². The molecule has 0 saturated heterocycles. The summed E-state index contributed by atoms with van der Waals surface area (Å²) in [5.41, 5.74) is -0.163. The summed E-state index contributed by atoms with van der Waals surface area (Å²) in [5, 5.41) is 11.1. The number of hydrogen-bond acceptors (Lipinski definition) is 4. The first kappa shape index (κ1) is 14.1. The zero-order valence-corrected chi connectivity index (χ0v) is 11.4. The number of benzene rings is 1. The molecule has 1 fully saturated rings. The van der Waals surface area contributed by atoms with Crippen LogP contribution in [0.5, 0.6) is 5.75 Å². The summed E-state index contributed by atoms with van der Waals surface area (Å²) in [7, 11) is 1.68. The van der Waals surface area contributed by atoms with Crippen molar-refractivity contribution < 1.29 is 14.4 Å². The largest absolute Gasteiger partial charge is 0.483 e. The number of nitrogens with zero attached hydrogens (tertiary/aromatic N) is 1. The highest BCUT2D eigenvalue weighted by atomic mass is 35.5. The van der Waals surface area contributed by atoms with E-state index in [-0.39, 0.29) is 28.7 Å². The van der Waals surface area contributed by atoms with E-state index >= 15 is 0 Å². The maximum atomic E-state index is 11.0. The second-order valence-corrected chi connectivity index (χ2v) is 5.02. The molecule has 0 aliphatic heterocycles. The van der Waals surface area contributed by atoms with Gasteiger partial charge in [-0.3, -0.25) is 10.1 Å². The molecule has 0 heterocycles. The van der Waals surface area contributed by atoms with Crippen molar-refractivity contribution in [1.82, 2.24) is 0 Å². The molecule has 0 spiro atoms. The summed E-state index contributed by atoms with van der Waals surface area (Å²) in [5.74, 6) is 0.235. The lowest BCUT2D eigenvalue weighted by Crippen LogP contribution is -2.29. The van der Waals surface area contributed by atoms with Gasteiger partial charge in [0.1, 0.15) is 11.1 Å². The first-order valence-corrected chi connectivity index (χ1v) is 6.62. The number of ether oxygens (including phenoxy) is 2. The normalized spacial score (nSPS) is 23.1. The van der Waals surface area contributed by atoms with Gasteiger partial charge in [-0.2, -0.15) is 0 Å². The fourth-order valence-corrected chi connectivity index (χ4v) is 2.61. The van der Waals surface area contributed by atoms with Crippen LogP contribution >= 0.6 is 11.6 Å². The Morgan fingerprint density at radius 1 is 1.37 bits per heavy atom. The van der Waals surface area contributed by atoms with E-state index in [4.69, 9.17) is 21.1 Å². The highest BCUT2D eigenvalue weighted by molar-refractivity contribution is 6.32. The van der Waals surface area contributed by atoms with E-state index in [0.29, 0.717) is 0 Å². The van der Waals surface area contributed by atoms with Gasteiger partial charge in [0.05, 0.1) is 11.0 Å². The topological polar surface area (TPSA) is 61.6 Å². The van der Waals surface area contributed by atoms with E-state index in [1.807, 2.05) is 0 Å². The standard InChI is InChI=1S/C13H16ClNO4/c1-18-9-4-2-5-10(8-9)19-12-7-3-6-11(14)13(12)15(16)17/h3,6-7,9-10H,2,4-5,8H2,1H3. The van der Waals surface area contributed by atoms with Crippen LogP contribution < -0.4 is 4.74 Å². The predicted molar refractivity (Wildman–Crippen MR) is 71.8 cm³/mol. The zero-order valence-electron chi connectivity index (χ0n) is 10.7. The third-order valence-electron chi connectivity index (χ3n) is 3.34. The SMILES string of the molecule is COC1CCCC(Oc2cccc(Cl)c2[N+](=O)[O-])C1. The molecule has 1 aromatic rings. The van der Waals surface area contributed by atoms with Crippen LogP contribution in [0.4, 0.5) is 5.69 Å². The van der Waals surface area contributed by atoms with Gasteiger partial charge < -0.3 is 9.47 Å². The van der Waals surface area contributed by atoms with Crippen molar-refractivity contribution in [1.29, 1.82) is 0 Å². The Morgan fingerprint density at radius 3 is 2.79 bits per heavy atom. The summed E-state index contributed by atoms with van der Waals surface area (Å²) in [6.07, 6.45) is 3.74. The fourth-order valence-electron chi connectivity index (χ4n) is 2.37. The Balaban J connectivity index is 2.14. The molecule has 5 nitrogen and oxygen atoms in total. The fraction of sp³-hybridized carbons (Fsp3) is 0.538. The second-order valence-electron chi connectivity index (χ2n) is 4.61. The van der Waals surface area contributed by atoms with E-state index in [9.17, 15) is 10.1 Å². The molecule has 0 N–H and O–H groups in total. The Morgan fingerprint density at radius 2 is 2.11 bits per heavy atom. The molecule has 2 atom stereocenters. The molecule has 1 aliphatic carbocycles. The molecule has 19 heavy (non-hydrogen) atoms. The highest BCUT2D eigenvalue weighted by Crippen LogP contribution is 2.36. The summed E-state index contributed by atoms with van der Waals surface area (Å²) >= 11 is 5.85. The average Bonchev–Trinajstić information content (AvgIpc) is 2.38. The number of para-hydroxylation sites is 1. The first-order valence-electron chi connectivity index (χ1n) is 6.24. The predicted octanol–water partition coefficient (Wildman–Crippen LogP) is 3.58. The van der Waals surface area contributed by atoms with Gasteiger partial charge in [0.25, 0.3) is 0 Å². The summed E-state index contributed by atoms with van der Waals surface area (Å²) in [6.45, 7) is 0. The van der Waals surface area contributed by atoms with Crippen LogP contribution in [0, 0.1) is 10.1 Å². The first-order chi connectivity index (χ1) is 9.11. The smallest absolute Gasteiger partial charge is 0.329 e. The molecular formula is C13H16ClNO4. The summed E-state index contributed by atoms with van der Waals surface area (Å²) in [6, 6.07) is 4.73. The number of methoxy groups -OCH3 is 1. The van der Waals surface area contributed by atoms with Crippen molar-refractivity contribution in [2.75, 3.05) is 7.11 Å². The maximum absolute atomic E-state index is 11.0. The molecule has 6 heteroatoms. The van der Waals surface area contributed by atoms with Crippen LogP contribution in [-0.2, 0) is 4.74 Å². The van der Waals surface area contributed by atoms with Gasteiger partial charge >= 0.3 is 5.69 Å². The van der Waals surface area contributed by atoms with Crippen LogP contribution in [0.15, 0.2) is 18.2 Å². The van der Waals surface area contributed by atoms with Crippen molar-refractivity contribution in [3.63, 3.8) is 0 Å². The average molecular weight is 286 g/mol. The Kier molecular flexibility index (Phi) is 4.61. The van der Waals surface area contributed by atoms with Crippen molar-refractivity contribution >= 4 is 17.3 Å². The lowest BCUT2D eigenvalue weighted by atomic mass is 9.95. The van der Waals surface area contributed by atoms with Crippen LogP contribution in [-0.4, -0.2) is 24.2 Å². The summed E-state index contributed by atoms with van der Waals surface area (Å²) in [4.78, 5) is 10.5. The van der Waals surface area contributed by atoms with Gasteiger partial charge in [0.15, 0.2) is 5.75 Å². The lowest BCUT2D eigenvalue weighted by molar-refractivity contribution is -0.386. The number of halogens is 1. The Labute approximate surface area is 116 Å². The number of hydrogen-bond donors (Lipinski definition) is 0. The third-order valence-corrected chi connectivity index (χ3v) is 3.64. The zero-order chi connectivity index (χ0) is 13.8. The molecular weight excluding hydrogens is 270 g/mol. The van der Waals surface area contributed by atoms with E-state index in [1.54, 1.807) is 19.2 Å². The summed E-state index contributed by atoms with van der Waals surface area (Å²) < 4.78 is 11.1. The monoisotopic (exact) mass is 285 g/mol. The van der Waals surface area contributed by atoms with E-state index < -0.39 is 4.92 Å². The van der Waals surface area contributed by atoms with Crippen LogP contribution in [0.1, 0.15) is 25.7 Å². The molecule has 1 aliphatic rings. The van der Waals surface area contributed by atoms with Gasteiger partial charge in [-0.25, -0.2) is 0 Å². The Bertz CT molecular complexity index is 466. The van der Waals surface area contributed by atoms with Crippen molar-refractivity contribution in [2.24, 2.45) is 0 Å². The van der Waals surface area contributed by atoms with Crippen LogP contribution in [0.2, 0.25) is 5.02 Å². The quantitative estimate of drug-likeness (QED) is 0.626. The van der Waals surface area contributed by atoms with Crippen molar-refractivity contribution in [3.05, 3.63) is 33.3 Å². The number of nitro groups is 1. The van der Waals surface area contributed by atoms with Crippen LogP contribution in [0.25, 0.3) is 0 Å². The minimum absolute atomic E-state index is 0.0594.